The van der Waals surface area contributed by atoms with E-state index >= 15 is 0 Å². The first-order chi connectivity index (χ1) is 10.8. The Balaban J connectivity index is 1.70. The van der Waals surface area contributed by atoms with Crippen molar-refractivity contribution in [1.82, 2.24) is 9.80 Å². The molecule has 1 aromatic rings. The van der Waals surface area contributed by atoms with E-state index in [0.29, 0.717) is 18.7 Å². The number of nitrogens with zero attached hydrogens (tertiary/aromatic N) is 2. The van der Waals surface area contributed by atoms with Crippen LogP contribution in [-0.4, -0.2) is 48.1 Å². The number of hydrogen-bond donors (Lipinski definition) is 0. The Kier molecular flexibility index (Phi) is 3.22. The molecule has 0 saturated carbocycles. The monoisotopic (exact) mass is 326 g/mol. The Hall–Kier alpha value is -1.60. The summed E-state index contributed by atoms with van der Waals surface area (Å²) < 4.78 is 45.7. The molecule has 2 fully saturated rings. The van der Waals surface area contributed by atoms with Gasteiger partial charge in [0, 0.05) is 38.3 Å². The molecule has 7 heteroatoms. The zero-order valence-electron chi connectivity index (χ0n) is 12.7. The van der Waals surface area contributed by atoms with Crippen LogP contribution in [0.4, 0.5) is 13.2 Å². The number of rotatable bonds is 2. The molecular formula is C16H17F3N2O2. The SMILES string of the molecule is CN1Cc2c(cc(CN3CC4CC3CO4)cc2C(F)(F)F)C1=O. The van der Waals surface area contributed by atoms with E-state index in [2.05, 4.69) is 4.90 Å². The molecule has 0 spiro atoms. The maximum absolute atomic E-state index is 13.4. The molecule has 0 radical (unpaired) electrons. The maximum Gasteiger partial charge on any atom is 0.416 e. The molecule has 4 rings (SSSR count). The number of benzene rings is 1. The first-order valence-electron chi connectivity index (χ1n) is 7.67. The summed E-state index contributed by atoms with van der Waals surface area (Å²) in [5, 5.41) is 0. The fraction of sp³-hybridized carbons (Fsp3) is 0.562. The van der Waals surface area contributed by atoms with Crippen LogP contribution in [0.3, 0.4) is 0 Å². The molecule has 2 bridgehead atoms. The number of carbonyl (C=O) groups excluding carboxylic acids is 1. The highest BCUT2D eigenvalue weighted by Crippen LogP contribution is 2.38. The zero-order valence-corrected chi connectivity index (χ0v) is 12.7. The lowest BCUT2D eigenvalue weighted by molar-refractivity contribution is -0.138. The third kappa shape index (κ3) is 2.42. The number of morpholine rings is 1. The van der Waals surface area contributed by atoms with Gasteiger partial charge >= 0.3 is 6.18 Å². The summed E-state index contributed by atoms with van der Waals surface area (Å²) in [6.45, 7) is 1.84. The van der Waals surface area contributed by atoms with E-state index in [9.17, 15) is 18.0 Å². The van der Waals surface area contributed by atoms with Gasteiger partial charge in [-0.3, -0.25) is 9.69 Å². The maximum atomic E-state index is 13.4. The summed E-state index contributed by atoms with van der Waals surface area (Å²) in [7, 11) is 1.53. The molecule has 3 aliphatic heterocycles. The molecular weight excluding hydrogens is 309 g/mol. The van der Waals surface area contributed by atoms with Crippen molar-refractivity contribution in [2.24, 2.45) is 0 Å². The number of fused-ring (bicyclic) bond motifs is 3. The van der Waals surface area contributed by atoms with Crippen LogP contribution in [0.25, 0.3) is 0 Å². The quantitative estimate of drug-likeness (QED) is 0.836. The molecule has 1 aromatic carbocycles. The second-order valence-electron chi connectivity index (χ2n) is 6.60. The molecule has 124 valence electrons. The van der Waals surface area contributed by atoms with E-state index in [1.807, 2.05) is 0 Å². The molecule has 0 aliphatic carbocycles. The van der Waals surface area contributed by atoms with Gasteiger partial charge in [0.05, 0.1) is 18.3 Å². The van der Waals surface area contributed by atoms with E-state index < -0.39 is 11.7 Å². The van der Waals surface area contributed by atoms with Gasteiger partial charge < -0.3 is 9.64 Å². The number of carbonyl (C=O) groups is 1. The number of likely N-dealkylation sites (tertiary alicyclic amines) is 1. The third-order valence-electron chi connectivity index (χ3n) is 4.99. The average molecular weight is 326 g/mol. The first kappa shape index (κ1) is 15.0. The Labute approximate surface area is 131 Å². The molecule has 2 atom stereocenters. The van der Waals surface area contributed by atoms with Crippen molar-refractivity contribution in [3.8, 4) is 0 Å². The van der Waals surface area contributed by atoms with Gasteiger partial charge in [0.1, 0.15) is 0 Å². The van der Waals surface area contributed by atoms with E-state index in [1.165, 1.54) is 18.0 Å². The van der Waals surface area contributed by atoms with E-state index in [-0.39, 0.29) is 35.7 Å². The fourth-order valence-corrected chi connectivity index (χ4v) is 3.86. The van der Waals surface area contributed by atoms with Gasteiger partial charge in [0.25, 0.3) is 5.91 Å². The van der Waals surface area contributed by atoms with Crippen LogP contribution < -0.4 is 0 Å². The smallest absolute Gasteiger partial charge is 0.375 e. The zero-order chi connectivity index (χ0) is 16.4. The van der Waals surface area contributed by atoms with Crippen molar-refractivity contribution in [3.63, 3.8) is 0 Å². The Morgan fingerprint density at radius 2 is 2.13 bits per heavy atom. The van der Waals surface area contributed by atoms with Crippen molar-refractivity contribution in [1.29, 1.82) is 0 Å². The van der Waals surface area contributed by atoms with Crippen molar-refractivity contribution >= 4 is 5.91 Å². The van der Waals surface area contributed by atoms with Crippen molar-refractivity contribution in [3.05, 3.63) is 34.4 Å². The number of amides is 1. The van der Waals surface area contributed by atoms with Crippen molar-refractivity contribution in [2.45, 2.75) is 37.8 Å². The Morgan fingerprint density at radius 3 is 2.74 bits per heavy atom. The van der Waals surface area contributed by atoms with Gasteiger partial charge in [-0.05, 0) is 29.7 Å². The predicted octanol–water partition coefficient (Wildman–Crippen LogP) is 2.26. The van der Waals surface area contributed by atoms with Crippen LogP contribution in [-0.2, 0) is 24.0 Å². The summed E-state index contributed by atoms with van der Waals surface area (Å²) in [5.41, 5.74) is 0.161. The summed E-state index contributed by atoms with van der Waals surface area (Å²) in [6.07, 6.45) is -3.30. The Morgan fingerprint density at radius 1 is 1.35 bits per heavy atom. The second-order valence-corrected chi connectivity index (χ2v) is 6.60. The lowest BCUT2D eigenvalue weighted by Crippen LogP contribution is -2.36. The molecule has 23 heavy (non-hydrogen) atoms. The minimum Gasteiger partial charge on any atom is -0.375 e. The molecule has 3 aliphatic rings. The van der Waals surface area contributed by atoms with Gasteiger partial charge in [-0.25, -0.2) is 0 Å². The van der Waals surface area contributed by atoms with Crippen LogP contribution in [0.5, 0.6) is 0 Å². The molecule has 2 unspecified atom stereocenters. The summed E-state index contributed by atoms with van der Waals surface area (Å²) in [6, 6.07) is 3.11. The van der Waals surface area contributed by atoms with Gasteiger partial charge in [-0.2, -0.15) is 13.2 Å². The number of ether oxygens (including phenoxy) is 1. The molecule has 2 saturated heterocycles. The van der Waals surface area contributed by atoms with E-state index in [1.54, 1.807) is 6.07 Å². The number of hydrogen-bond acceptors (Lipinski definition) is 3. The highest BCUT2D eigenvalue weighted by Gasteiger charge is 2.41. The molecule has 3 heterocycles. The van der Waals surface area contributed by atoms with E-state index in [4.69, 9.17) is 4.74 Å². The minimum atomic E-state index is -4.45. The van der Waals surface area contributed by atoms with E-state index in [0.717, 1.165) is 13.0 Å². The third-order valence-corrected chi connectivity index (χ3v) is 4.99. The largest absolute Gasteiger partial charge is 0.416 e. The van der Waals surface area contributed by atoms with Crippen LogP contribution in [0.15, 0.2) is 12.1 Å². The normalized spacial score (nSPS) is 27.1. The fourth-order valence-electron chi connectivity index (χ4n) is 3.86. The van der Waals surface area contributed by atoms with Crippen LogP contribution in [0.1, 0.15) is 33.5 Å². The van der Waals surface area contributed by atoms with Crippen LogP contribution >= 0.6 is 0 Å². The first-order valence-corrected chi connectivity index (χ1v) is 7.67. The summed E-state index contributed by atoms with van der Waals surface area (Å²) >= 11 is 0. The highest BCUT2D eigenvalue weighted by atomic mass is 19.4. The molecule has 4 nitrogen and oxygen atoms in total. The standard InChI is InChI=1S/C16H17F3N2O2/c1-20-7-13-12(15(20)22)2-9(3-14(13)16(17,18)19)5-21-6-11-4-10(21)8-23-11/h2-3,10-11H,4-8H2,1H3. The molecule has 1 amide bonds. The van der Waals surface area contributed by atoms with Crippen molar-refractivity contribution < 1.29 is 22.7 Å². The van der Waals surface area contributed by atoms with Gasteiger partial charge in [-0.1, -0.05) is 0 Å². The number of halogens is 3. The summed E-state index contributed by atoms with van der Waals surface area (Å²) in [5.74, 6) is -0.335. The second kappa shape index (κ2) is 4.95. The van der Waals surface area contributed by atoms with Gasteiger partial charge in [0.15, 0.2) is 0 Å². The lowest BCUT2D eigenvalue weighted by atomic mass is 9.98. The highest BCUT2D eigenvalue weighted by molar-refractivity contribution is 5.98. The number of alkyl halides is 3. The molecule has 0 aromatic heterocycles. The predicted molar refractivity (Wildman–Crippen MR) is 75.8 cm³/mol. The average Bonchev–Trinajstić information content (AvgIpc) is 3.15. The Bertz CT molecular complexity index is 674. The van der Waals surface area contributed by atoms with Crippen LogP contribution in [0, 0.1) is 0 Å². The van der Waals surface area contributed by atoms with Crippen molar-refractivity contribution in [2.75, 3.05) is 20.2 Å². The van der Waals surface area contributed by atoms with Gasteiger partial charge in [0.2, 0.25) is 0 Å². The minimum absolute atomic E-state index is 0.0194. The van der Waals surface area contributed by atoms with Crippen LogP contribution in [0.2, 0.25) is 0 Å². The summed E-state index contributed by atoms with van der Waals surface area (Å²) in [4.78, 5) is 15.6. The molecule has 0 N–H and O–H groups in total. The topological polar surface area (TPSA) is 32.8 Å². The lowest BCUT2D eigenvalue weighted by Gasteiger charge is -2.27. The van der Waals surface area contributed by atoms with Gasteiger partial charge in [-0.15, -0.1) is 0 Å².